The zero-order chi connectivity index (χ0) is 21.1. The van der Waals surface area contributed by atoms with E-state index < -0.39 is 5.97 Å². The van der Waals surface area contributed by atoms with Crippen LogP contribution < -0.4 is 10.1 Å². The highest BCUT2D eigenvalue weighted by atomic mass is 16.6. The third-order valence-corrected chi connectivity index (χ3v) is 5.53. The van der Waals surface area contributed by atoms with Gasteiger partial charge in [-0.05, 0) is 68.5 Å². The number of ether oxygens (including phenoxy) is 2. The maximum Gasteiger partial charge on any atom is 0.344 e. The van der Waals surface area contributed by atoms with Gasteiger partial charge in [0, 0.05) is 23.1 Å². The lowest BCUT2D eigenvalue weighted by Crippen LogP contribution is -2.24. The molecule has 0 fully saturated rings. The van der Waals surface area contributed by atoms with Gasteiger partial charge in [-0.15, -0.1) is 0 Å². The molecule has 1 amide bonds. The van der Waals surface area contributed by atoms with Crippen LogP contribution in [0.3, 0.4) is 0 Å². The molecule has 156 valence electrons. The minimum atomic E-state index is -0.597. The predicted molar refractivity (Wildman–Crippen MR) is 114 cm³/mol. The maximum absolute atomic E-state index is 12.1. The number of carbonyl (C=O) groups excluding carboxylic acids is 2. The van der Waals surface area contributed by atoms with Crippen molar-refractivity contribution in [2.75, 3.05) is 18.5 Å². The molecule has 2 aromatic carbocycles. The highest BCUT2D eigenvalue weighted by molar-refractivity contribution is 5.93. The largest absolute Gasteiger partial charge is 0.482 e. The number of aryl methyl sites for hydroxylation is 3. The van der Waals surface area contributed by atoms with E-state index in [0.29, 0.717) is 11.4 Å². The number of rotatable bonds is 6. The van der Waals surface area contributed by atoms with E-state index in [1.165, 1.54) is 5.56 Å². The summed E-state index contributed by atoms with van der Waals surface area (Å²) < 4.78 is 16.5. The third kappa shape index (κ3) is 4.32. The fourth-order valence-corrected chi connectivity index (χ4v) is 3.73. The first kappa shape index (κ1) is 20.0. The molecule has 1 aromatic heterocycles. The molecule has 0 unspecified atom stereocenters. The maximum atomic E-state index is 12.1. The van der Waals surface area contributed by atoms with Crippen molar-refractivity contribution in [3.05, 3.63) is 58.8 Å². The van der Waals surface area contributed by atoms with E-state index >= 15 is 0 Å². The number of esters is 1. The standard InChI is InChI=1S/C24H25NO5/c1-15-6-5-8-20(16(15)2)25-23(26)13-29-24(27)14-28-17-10-11-22-19(12-17)18-7-3-4-9-21(18)30-22/h5-6,8,10-12H,3-4,7,9,13-14H2,1-2H3,(H,25,26). The van der Waals surface area contributed by atoms with Gasteiger partial charge in [0.1, 0.15) is 17.1 Å². The van der Waals surface area contributed by atoms with Gasteiger partial charge in [-0.2, -0.15) is 0 Å². The zero-order valence-corrected chi connectivity index (χ0v) is 17.2. The van der Waals surface area contributed by atoms with Gasteiger partial charge in [0.15, 0.2) is 13.2 Å². The molecule has 0 aliphatic heterocycles. The Morgan fingerprint density at radius 3 is 2.77 bits per heavy atom. The fourth-order valence-electron chi connectivity index (χ4n) is 3.73. The Morgan fingerprint density at radius 1 is 1.07 bits per heavy atom. The molecular weight excluding hydrogens is 382 g/mol. The van der Waals surface area contributed by atoms with Gasteiger partial charge < -0.3 is 19.2 Å². The Bertz CT molecular complexity index is 1100. The first-order valence-corrected chi connectivity index (χ1v) is 10.2. The van der Waals surface area contributed by atoms with Crippen molar-refractivity contribution in [3.8, 4) is 5.75 Å². The minimum absolute atomic E-state index is 0.262. The summed E-state index contributed by atoms with van der Waals surface area (Å²) in [6, 6.07) is 11.2. The minimum Gasteiger partial charge on any atom is -0.482 e. The Kier molecular flexibility index (Phi) is 5.74. The van der Waals surface area contributed by atoms with Crippen LogP contribution in [0.15, 0.2) is 40.8 Å². The monoisotopic (exact) mass is 407 g/mol. The van der Waals surface area contributed by atoms with Crippen LogP contribution >= 0.6 is 0 Å². The predicted octanol–water partition coefficient (Wildman–Crippen LogP) is 4.49. The van der Waals surface area contributed by atoms with Crippen LogP contribution in [-0.4, -0.2) is 25.1 Å². The Labute approximate surface area is 175 Å². The van der Waals surface area contributed by atoms with Gasteiger partial charge in [0.2, 0.25) is 0 Å². The molecule has 0 radical (unpaired) electrons. The molecule has 6 heteroatoms. The van der Waals surface area contributed by atoms with Gasteiger partial charge in [0.25, 0.3) is 5.91 Å². The molecule has 3 aromatic rings. The summed E-state index contributed by atoms with van der Waals surface area (Å²) in [6.07, 6.45) is 4.28. The van der Waals surface area contributed by atoms with E-state index in [-0.39, 0.29) is 19.1 Å². The summed E-state index contributed by atoms with van der Waals surface area (Å²) in [4.78, 5) is 24.1. The molecule has 6 nitrogen and oxygen atoms in total. The molecule has 4 rings (SSSR count). The quantitative estimate of drug-likeness (QED) is 0.609. The van der Waals surface area contributed by atoms with Crippen molar-refractivity contribution in [1.82, 2.24) is 0 Å². The lowest BCUT2D eigenvalue weighted by atomic mass is 9.96. The summed E-state index contributed by atoms with van der Waals surface area (Å²) in [7, 11) is 0. The molecule has 1 aliphatic rings. The lowest BCUT2D eigenvalue weighted by molar-refractivity contribution is -0.149. The smallest absolute Gasteiger partial charge is 0.344 e. The number of hydrogen-bond acceptors (Lipinski definition) is 5. The van der Waals surface area contributed by atoms with Crippen LogP contribution in [0.25, 0.3) is 11.0 Å². The first-order chi connectivity index (χ1) is 14.5. The molecule has 1 heterocycles. The van der Waals surface area contributed by atoms with Crippen molar-refractivity contribution in [1.29, 1.82) is 0 Å². The van der Waals surface area contributed by atoms with Gasteiger partial charge >= 0.3 is 5.97 Å². The normalized spacial score (nSPS) is 13.0. The van der Waals surface area contributed by atoms with Crippen LogP contribution in [0.5, 0.6) is 5.75 Å². The second-order valence-corrected chi connectivity index (χ2v) is 7.61. The molecule has 1 N–H and O–H groups in total. The summed E-state index contributed by atoms with van der Waals surface area (Å²) in [6.45, 7) is 3.28. The van der Waals surface area contributed by atoms with E-state index in [2.05, 4.69) is 5.32 Å². The Balaban J connectivity index is 1.29. The lowest BCUT2D eigenvalue weighted by Gasteiger charge is -2.11. The fraction of sp³-hybridized carbons (Fsp3) is 0.333. The molecule has 0 atom stereocenters. The van der Waals surface area contributed by atoms with Crippen molar-refractivity contribution in [2.24, 2.45) is 0 Å². The van der Waals surface area contributed by atoms with Crippen LogP contribution in [0.4, 0.5) is 5.69 Å². The van der Waals surface area contributed by atoms with E-state index in [0.717, 1.165) is 53.5 Å². The summed E-state index contributed by atoms with van der Waals surface area (Å²) in [5.74, 6) is 0.653. The van der Waals surface area contributed by atoms with Gasteiger partial charge in [-0.25, -0.2) is 4.79 Å². The summed E-state index contributed by atoms with van der Waals surface area (Å²) in [5, 5.41) is 3.80. The SMILES string of the molecule is Cc1cccc(NC(=O)COC(=O)COc2ccc3oc4c(c3c2)CCCC4)c1C. The van der Waals surface area contributed by atoms with Crippen molar-refractivity contribution in [3.63, 3.8) is 0 Å². The number of furan rings is 1. The summed E-state index contributed by atoms with van der Waals surface area (Å²) >= 11 is 0. The highest BCUT2D eigenvalue weighted by Crippen LogP contribution is 2.33. The Morgan fingerprint density at radius 2 is 1.90 bits per heavy atom. The van der Waals surface area contributed by atoms with E-state index in [1.807, 2.05) is 44.2 Å². The molecule has 0 saturated heterocycles. The summed E-state index contributed by atoms with van der Waals surface area (Å²) in [5.41, 5.74) is 4.86. The van der Waals surface area contributed by atoms with E-state index in [1.54, 1.807) is 6.07 Å². The van der Waals surface area contributed by atoms with Crippen LogP contribution in [0, 0.1) is 13.8 Å². The van der Waals surface area contributed by atoms with Crippen molar-refractivity contribution < 1.29 is 23.5 Å². The van der Waals surface area contributed by atoms with Crippen LogP contribution in [0.1, 0.15) is 35.3 Å². The number of nitrogens with one attached hydrogen (secondary N) is 1. The van der Waals surface area contributed by atoms with Crippen molar-refractivity contribution >= 4 is 28.5 Å². The molecular formula is C24H25NO5. The second-order valence-electron chi connectivity index (χ2n) is 7.61. The van der Waals surface area contributed by atoms with Gasteiger partial charge in [-0.1, -0.05) is 12.1 Å². The molecule has 0 bridgehead atoms. The number of carbonyl (C=O) groups is 2. The van der Waals surface area contributed by atoms with Crippen molar-refractivity contribution in [2.45, 2.75) is 39.5 Å². The first-order valence-electron chi connectivity index (χ1n) is 10.2. The number of anilines is 1. The number of benzene rings is 2. The zero-order valence-electron chi connectivity index (χ0n) is 17.2. The van der Waals surface area contributed by atoms with Crippen LogP contribution in [-0.2, 0) is 27.2 Å². The van der Waals surface area contributed by atoms with Gasteiger partial charge in [0.05, 0.1) is 0 Å². The molecule has 30 heavy (non-hydrogen) atoms. The molecule has 0 saturated carbocycles. The highest BCUT2D eigenvalue weighted by Gasteiger charge is 2.18. The van der Waals surface area contributed by atoms with Gasteiger partial charge in [-0.3, -0.25) is 4.79 Å². The van der Waals surface area contributed by atoms with Crippen LogP contribution in [0.2, 0.25) is 0 Å². The number of amides is 1. The molecule has 0 spiro atoms. The second kappa shape index (κ2) is 8.61. The average Bonchev–Trinajstić information content (AvgIpc) is 3.12. The Hall–Kier alpha value is -3.28. The topological polar surface area (TPSA) is 77.8 Å². The van der Waals surface area contributed by atoms with E-state index in [9.17, 15) is 9.59 Å². The molecule has 1 aliphatic carbocycles. The number of hydrogen-bond donors (Lipinski definition) is 1. The third-order valence-electron chi connectivity index (χ3n) is 5.53. The number of fused-ring (bicyclic) bond motifs is 3. The average molecular weight is 407 g/mol. The van der Waals surface area contributed by atoms with E-state index in [4.69, 9.17) is 13.9 Å².